The number of hydrogen-bond acceptors (Lipinski definition) is 3. The van der Waals surface area contributed by atoms with Gasteiger partial charge in [0, 0.05) is 17.3 Å². The van der Waals surface area contributed by atoms with Crippen LogP contribution in [-0.4, -0.2) is 25.0 Å². The van der Waals surface area contributed by atoms with Gasteiger partial charge in [0.25, 0.3) is 5.91 Å². The molecular formula is C18H17ClN2O3. The van der Waals surface area contributed by atoms with Crippen LogP contribution < -0.4 is 15.4 Å². The molecule has 24 heavy (non-hydrogen) atoms. The molecule has 0 aliphatic carbocycles. The highest BCUT2D eigenvalue weighted by Gasteiger charge is 2.17. The summed E-state index contributed by atoms with van der Waals surface area (Å²) in [6.45, 7) is 0.479. The topological polar surface area (TPSA) is 67.4 Å². The molecular weight excluding hydrogens is 328 g/mol. The third kappa shape index (κ3) is 4.26. The number of carbonyl (C=O) groups excluding carboxylic acids is 2. The molecule has 2 aromatic rings. The fraction of sp³-hybridized carbons (Fsp3) is 0.222. The van der Waals surface area contributed by atoms with E-state index in [1.165, 1.54) is 0 Å². The predicted octanol–water partition coefficient (Wildman–Crippen LogP) is 2.57. The first-order chi connectivity index (χ1) is 11.6. The van der Waals surface area contributed by atoms with E-state index in [9.17, 15) is 9.59 Å². The number of hydrogen-bond donors (Lipinski definition) is 2. The van der Waals surface area contributed by atoms with Gasteiger partial charge in [0.15, 0.2) is 6.61 Å². The summed E-state index contributed by atoms with van der Waals surface area (Å²) in [5.41, 5.74) is 2.98. The Kier molecular flexibility index (Phi) is 5.01. The fourth-order valence-corrected chi connectivity index (χ4v) is 2.64. The average Bonchev–Trinajstić information content (AvgIpc) is 2.93. The zero-order valence-electron chi connectivity index (χ0n) is 13.0. The maximum atomic E-state index is 11.8. The molecule has 1 heterocycles. The first-order valence-electron chi connectivity index (χ1n) is 7.67. The van der Waals surface area contributed by atoms with Crippen LogP contribution in [0.2, 0.25) is 5.02 Å². The second-order valence-electron chi connectivity index (χ2n) is 5.56. The van der Waals surface area contributed by atoms with E-state index in [4.69, 9.17) is 16.3 Å². The Balaban J connectivity index is 1.41. The van der Waals surface area contributed by atoms with Gasteiger partial charge in [-0.3, -0.25) is 9.59 Å². The Morgan fingerprint density at radius 2 is 2.00 bits per heavy atom. The Morgan fingerprint density at radius 3 is 2.79 bits per heavy atom. The zero-order chi connectivity index (χ0) is 16.9. The van der Waals surface area contributed by atoms with Crippen molar-refractivity contribution in [2.45, 2.75) is 12.8 Å². The molecule has 0 spiro atoms. The van der Waals surface area contributed by atoms with Gasteiger partial charge in [-0.15, -0.1) is 0 Å². The molecule has 0 saturated carbocycles. The zero-order valence-corrected chi connectivity index (χ0v) is 13.7. The van der Waals surface area contributed by atoms with Gasteiger partial charge in [-0.2, -0.15) is 0 Å². The van der Waals surface area contributed by atoms with E-state index in [0.29, 0.717) is 30.2 Å². The highest BCUT2D eigenvalue weighted by Crippen LogP contribution is 2.23. The van der Waals surface area contributed by atoms with Gasteiger partial charge >= 0.3 is 0 Å². The molecule has 1 aliphatic heterocycles. The number of fused-ring (bicyclic) bond motifs is 1. The van der Waals surface area contributed by atoms with Crippen LogP contribution in [0.4, 0.5) is 5.69 Å². The molecule has 124 valence electrons. The summed E-state index contributed by atoms with van der Waals surface area (Å²) in [5.74, 6) is 0.447. The molecule has 2 amide bonds. The Bertz CT molecular complexity index is 759. The van der Waals surface area contributed by atoms with Crippen molar-refractivity contribution in [1.82, 2.24) is 5.32 Å². The third-order valence-corrected chi connectivity index (χ3v) is 3.97. The summed E-state index contributed by atoms with van der Waals surface area (Å²) in [4.78, 5) is 23.1. The van der Waals surface area contributed by atoms with Gasteiger partial charge in [-0.1, -0.05) is 23.7 Å². The van der Waals surface area contributed by atoms with Crippen molar-refractivity contribution in [3.63, 3.8) is 0 Å². The van der Waals surface area contributed by atoms with Crippen molar-refractivity contribution >= 4 is 29.1 Å². The molecule has 6 heteroatoms. The van der Waals surface area contributed by atoms with Crippen molar-refractivity contribution in [3.05, 3.63) is 58.6 Å². The third-order valence-electron chi connectivity index (χ3n) is 3.71. The number of nitrogens with one attached hydrogen (secondary N) is 2. The lowest BCUT2D eigenvalue weighted by Gasteiger charge is -2.08. The smallest absolute Gasteiger partial charge is 0.257 e. The number of halogens is 1. The van der Waals surface area contributed by atoms with Gasteiger partial charge in [0.05, 0.1) is 6.42 Å². The Labute approximate surface area is 145 Å². The van der Waals surface area contributed by atoms with Gasteiger partial charge in [-0.25, -0.2) is 0 Å². The number of rotatable bonds is 6. The quantitative estimate of drug-likeness (QED) is 0.846. The number of anilines is 1. The molecule has 0 bridgehead atoms. The maximum absolute atomic E-state index is 11.8. The number of ether oxygens (including phenoxy) is 1. The van der Waals surface area contributed by atoms with Crippen molar-refractivity contribution in [2.75, 3.05) is 18.5 Å². The minimum atomic E-state index is -0.178. The molecule has 0 saturated heterocycles. The second kappa shape index (κ2) is 7.36. The van der Waals surface area contributed by atoms with Crippen LogP contribution >= 0.6 is 11.6 Å². The van der Waals surface area contributed by atoms with Crippen LogP contribution in [0, 0.1) is 0 Å². The molecule has 0 fully saturated rings. The van der Waals surface area contributed by atoms with Crippen LogP contribution in [-0.2, 0) is 22.4 Å². The molecule has 5 nitrogen and oxygen atoms in total. The molecule has 0 atom stereocenters. The summed E-state index contributed by atoms with van der Waals surface area (Å²) in [5, 5.41) is 6.24. The first-order valence-corrected chi connectivity index (χ1v) is 8.05. The minimum Gasteiger partial charge on any atom is -0.484 e. The normalized spacial score (nSPS) is 12.5. The molecule has 0 aromatic heterocycles. The van der Waals surface area contributed by atoms with Crippen molar-refractivity contribution in [2.24, 2.45) is 0 Å². The summed E-state index contributed by atoms with van der Waals surface area (Å²) in [6.07, 6.45) is 1.12. The van der Waals surface area contributed by atoms with E-state index in [-0.39, 0.29) is 18.4 Å². The monoisotopic (exact) mass is 344 g/mol. The Hall–Kier alpha value is -2.53. The summed E-state index contributed by atoms with van der Waals surface area (Å²) in [7, 11) is 0. The van der Waals surface area contributed by atoms with Crippen LogP contribution in [0.5, 0.6) is 5.75 Å². The lowest BCUT2D eigenvalue weighted by Crippen LogP contribution is -2.30. The van der Waals surface area contributed by atoms with E-state index in [1.807, 2.05) is 18.2 Å². The van der Waals surface area contributed by atoms with E-state index in [0.717, 1.165) is 16.8 Å². The minimum absolute atomic E-state index is 0.0230. The van der Waals surface area contributed by atoms with Gasteiger partial charge in [0.1, 0.15) is 5.75 Å². The highest BCUT2D eigenvalue weighted by molar-refractivity contribution is 6.30. The molecule has 0 radical (unpaired) electrons. The highest BCUT2D eigenvalue weighted by atomic mass is 35.5. The fourth-order valence-electron chi connectivity index (χ4n) is 2.52. The molecule has 2 aromatic carbocycles. The summed E-state index contributed by atoms with van der Waals surface area (Å²) in [6, 6.07) is 12.7. The van der Waals surface area contributed by atoms with E-state index in [2.05, 4.69) is 10.6 Å². The largest absolute Gasteiger partial charge is 0.484 e. The van der Waals surface area contributed by atoms with Crippen LogP contribution in [0.25, 0.3) is 0 Å². The average molecular weight is 345 g/mol. The first kappa shape index (κ1) is 16.3. The van der Waals surface area contributed by atoms with Gasteiger partial charge in [0.2, 0.25) is 5.91 Å². The van der Waals surface area contributed by atoms with Gasteiger partial charge in [-0.05, 0) is 47.9 Å². The van der Waals surface area contributed by atoms with E-state index < -0.39 is 0 Å². The lowest BCUT2D eigenvalue weighted by atomic mass is 10.1. The molecule has 3 rings (SSSR count). The number of benzene rings is 2. The van der Waals surface area contributed by atoms with Crippen LogP contribution in [0.1, 0.15) is 11.1 Å². The van der Waals surface area contributed by atoms with Gasteiger partial charge < -0.3 is 15.4 Å². The van der Waals surface area contributed by atoms with E-state index >= 15 is 0 Å². The lowest BCUT2D eigenvalue weighted by molar-refractivity contribution is -0.123. The van der Waals surface area contributed by atoms with Crippen molar-refractivity contribution in [3.8, 4) is 5.75 Å². The molecule has 0 unspecified atom stereocenters. The SMILES string of the molecule is O=C(COc1ccc(Cl)cc1)NCCc1ccc2c(c1)CC(=O)N2. The standard InChI is InChI=1S/C18H17ClN2O3/c19-14-2-4-15(5-3-14)24-11-18(23)20-8-7-12-1-6-16-13(9-12)10-17(22)21-16/h1-6,9H,7-8,10-11H2,(H,20,23)(H,21,22). The van der Waals surface area contributed by atoms with Crippen molar-refractivity contribution in [1.29, 1.82) is 0 Å². The second-order valence-corrected chi connectivity index (χ2v) is 6.00. The predicted molar refractivity (Wildman–Crippen MR) is 92.4 cm³/mol. The number of amides is 2. The van der Waals surface area contributed by atoms with Crippen molar-refractivity contribution < 1.29 is 14.3 Å². The summed E-state index contributed by atoms with van der Waals surface area (Å²) >= 11 is 5.79. The summed E-state index contributed by atoms with van der Waals surface area (Å²) < 4.78 is 5.38. The number of carbonyl (C=O) groups is 2. The van der Waals surface area contributed by atoms with Crippen LogP contribution in [0.3, 0.4) is 0 Å². The maximum Gasteiger partial charge on any atom is 0.257 e. The molecule has 1 aliphatic rings. The molecule has 2 N–H and O–H groups in total. The van der Waals surface area contributed by atoms with E-state index in [1.54, 1.807) is 24.3 Å². The van der Waals surface area contributed by atoms with Crippen LogP contribution in [0.15, 0.2) is 42.5 Å². The Morgan fingerprint density at radius 1 is 1.21 bits per heavy atom.